The minimum Gasteiger partial charge on any atom is -0.388 e. The summed E-state index contributed by atoms with van der Waals surface area (Å²) in [6, 6.07) is 1.91. The highest BCUT2D eigenvalue weighted by molar-refractivity contribution is 7.21. The molecular formula is C26H33N7O5S. The van der Waals surface area contributed by atoms with Crippen LogP contribution in [-0.4, -0.2) is 96.3 Å². The first kappa shape index (κ1) is 26.3. The maximum Gasteiger partial charge on any atom is 0.248 e. The van der Waals surface area contributed by atoms with Gasteiger partial charge in [-0.15, -0.1) is 11.3 Å². The molecule has 0 spiro atoms. The third-order valence-electron chi connectivity index (χ3n) is 7.90. The summed E-state index contributed by atoms with van der Waals surface area (Å²) in [6.45, 7) is 5.38. The molecule has 1 saturated heterocycles. The first-order chi connectivity index (χ1) is 18.6. The van der Waals surface area contributed by atoms with E-state index in [1.54, 1.807) is 11.1 Å². The number of carbonyl (C=O) groups is 1. The Balaban J connectivity index is 1.32. The molecule has 39 heavy (non-hydrogen) atoms. The zero-order chi connectivity index (χ0) is 27.4. The van der Waals surface area contributed by atoms with Crippen LogP contribution in [0.1, 0.15) is 37.1 Å². The van der Waals surface area contributed by atoms with Gasteiger partial charge in [-0.05, 0) is 45.6 Å². The van der Waals surface area contributed by atoms with Crippen molar-refractivity contribution in [1.82, 2.24) is 24.8 Å². The fourth-order valence-electron chi connectivity index (χ4n) is 5.31. The maximum atomic E-state index is 12.2. The fraction of sp³-hybridized carbons (Fsp3) is 0.577. The molecule has 5 N–H and O–H groups in total. The van der Waals surface area contributed by atoms with Crippen molar-refractivity contribution in [1.29, 1.82) is 0 Å². The maximum absolute atomic E-state index is 12.2. The molecule has 2 aliphatic carbocycles. The number of nitrogens with zero attached hydrogens (tertiary/aromatic N) is 5. The van der Waals surface area contributed by atoms with Crippen molar-refractivity contribution >= 4 is 39.2 Å². The number of nitrogens with one attached hydrogen (secondary N) is 2. The van der Waals surface area contributed by atoms with E-state index in [4.69, 9.17) is 9.72 Å². The standard InChI is InChI=1S/C26H33N7O5S/c1-14-19(23-30-20-15(2)27-8-4-17(20)39-23)22(31-24(29-14)28-13-25(36)6-7-25)32-26(37)5-3-16(21(26)35)11-33-9-10-38-12-18(33)34/h4,8,16,21,35-37H,3,5-7,9-13H2,1-2H3,(H2,28,29,31,32)/t16-,21-,26-/m1/s1. The minimum atomic E-state index is -1.67. The summed E-state index contributed by atoms with van der Waals surface area (Å²) in [4.78, 5) is 32.4. The Kier molecular flexibility index (Phi) is 6.66. The van der Waals surface area contributed by atoms with Gasteiger partial charge in [-0.2, -0.15) is 4.98 Å². The average Bonchev–Trinajstić information content (AvgIpc) is 3.37. The number of ether oxygens (including phenoxy) is 1. The predicted molar refractivity (Wildman–Crippen MR) is 145 cm³/mol. The molecule has 2 saturated carbocycles. The molecule has 0 radical (unpaired) electrons. The predicted octanol–water partition coefficient (Wildman–Crippen LogP) is 1.43. The molecule has 0 bridgehead atoms. The number of aliphatic hydroxyl groups excluding tert-OH is 1. The van der Waals surface area contributed by atoms with E-state index in [9.17, 15) is 20.1 Å². The molecule has 3 aliphatic rings. The molecule has 3 aromatic rings. The minimum absolute atomic E-state index is 0.0387. The van der Waals surface area contributed by atoms with E-state index in [0.29, 0.717) is 60.7 Å². The second kappa shape index (κ2) is 9.89. The number of thiazole rings is 1. The van der Waals surface area contributed by atoms with Crippen LogP contribution in [0, 0.1) is 19.8 Å². The number of pyridine rings is 1. The van der Waals surface area contributed by atoms with Gasteiger partial charge >= 0.3 is 0 Å². The van der Waals surface area contributed by atoms with Crippen LogP contribution in [0.15, 0.2) is 12.3 Å². The lowest BCUT2D eigenvalue weighted by atomic mass is 10.0. The van der Waals surface area contributed by atoms with Crippen LogP contribution in [0.25, 0.3) is 20.8 Å². The van der Waals surface area contributed by atoms with E-state index in [1.807, 2.05) is 19.9 Å². The Morgan fingerprint density at radius 3 is 2.74 bits per heavy atom. The van der Waals surface area contributed by atoms with E-state index in [-0.39, 0.29) is 24.9 Å². The van der Waals surface area contributed by atoms with E-state index in [2.05, 4.69) is 25.6 Å². The quantitative estimate of drug-likeness (QED) is 0.255. The molecule has 3 fully saturated rings. The van der Waals surface area contributed by atoms with Crippen molar-refractivity contribution in [2.75, 3.05) is 43.5 Å². The summed E-state index contributed by atoms with van der Waals surface area (Å²) < 4.78 is 6.18. The molecule has 0 unspecified atom stereocenters. The normalized spacial score (nSPS) is 26.3. The van der Waals surface area contributed by atoms with Crippen molar-refractivity contribution in [2.24, 2.45) is 5.92 Å². The van der Waals surface area contributed by atoms with Crippen LogP contribution in [0.3, 0.4) is 0 Å². The number of carbonyl (C=O) groups excluding carboxylic acids is 1. The second-order valence-corrected chi connectivity index (χ2v) is 11.9. The third-order valence-corrected chi connectivity index (χ3v) is 8.94. The Bertz CT molecular complexity index is 1410. The van der Waals surface area contributed by atoms with Crippen LogP contribution in [0.2, 0.25) is 0 Å². The van der Waals surface area contributed by atoms with Gasteiger partial charge in [0.25, 0.3) is 0 Å². The van der Waals surface area contributed by atoms with Gasteiger partial charge in [0.1, 0.15) is 29.1 Å². The molecule has 1 amide bonds. The van der Waals surface area contributed by atoms with Crippen molar-refractivity contribution in [2.45, 2.75) is 57.0 Å². The van der Waals surface area contributed by atoms with Gasteiger partial charge in [0.2, 0.25) is 11.9 Å². The zero-order valence-electron chi connectivity index (χ0n) is 22.0. The summed E-state index contributed by atoms with van der Waals surface area (Å²) in [6.07, 6.45) is 2.85. The van der Waals surface area contributed by atoms with Crippen LogP contribution in [0.4, 0.5) is 11.8 Å². The number of hydrogen-bond donors (Lipinski definition) is 5. The lowest BCUT2D eigenvalue weighted by Gasteiger charge is -2.34. The van der Waals surface area contributed by atoms with Crippen LogP contribution in [-0.2, 0) is 9.53 Å². The number of aromatic nitrogens is 4. The monoisotopic (exact) mass is 555 g/mol. The molecule has 1 aliphatic heterocycles. The van der Waals surface area contributed by atoms with Crippen molar-refractivity contribution in [3.05, 3.63) is 23.7 Å². The second-order valence-electron chi connectivity index (χ2n) is 10.9. The number of aliphatic hydroxyl groups is 3. The van der Waals surface area contributed by atoms with E-state index in [1.165, 1.54) is 11.3 Å². The Morgan fingerprint density at radius 1 is 1.18 bits per heavy atom. The first-order valence-corrected chi connectivity index (χ1v) is 14.1. The first-order valence-electron chi connectivity index (χ1n) is 13.3. The third kappa shape index (κ3) is 5.16. The lowest BCUT2D eigenvalue weighted by molar-refractivity contribution is -0.144. The lowest BCUT2D eigenvalue weighted by Crippen LogP contribution is -2.51. The van der Waals surface area contributed by atoms with E-state index >= 15 is 0 Å². The van der Waals surface area contributed by atoms with Crippen LogP contribution >= 0.6 is 11.3 Å². The van der Waals surface area contributed by atoms with Gasteiger partial charge in [0, 0.05) is 31.7 Å². The van der Waals surface area contributed by atoms with Gasteiger partial charge in [-0.1, -0.05) is 0 Å². The number of fused-ring (bicyclic) bond motifs is 1. The molecular weight excluding hydrogens is 522 g/mol. The highest BCUT2D eigenvalue weighted by Gasteiger charge is 2.48. The van der Waals surface area contributed by atoms with Gasteiger partial charge in [-0.3, -0.25) is 9.78 Å². The molecule has 208 valence electrons. The molecule has 3 aromatic heterocycles. The molecule has 3 atom stereocenters. The average molecular weight is 556 g/mol. The molecule has 0 aromatic carbocycles. The number of aryl methyl sites for hydroxylation is 2. The number of anilines is 2. The summed E-state index contributed by atoms with van der Waals surface area (Å²) in [7, 11) is 0. The number of rotatable bonds is 8. The summed E-state index contributed by atoms with van der Waals surface area (Å²) in [5.41, 5.74) is 0.439. The highest BCUT2D eigenvalue weighted by Crippen LogP contribution is 2.41. The number of morpholine rings is 1. The van der Waals surface area contributed by atoms with E-state index in [0.717, 1.165) is 28.8 Å². The number of amides is 1. The van der Waals surface area contributed by atoms with Gasteiger partial charge in [-0.25, -0.2) is 9.97 Å². The van der Waals surface area contributed by atoms with Gasteiger partial charge in [0.05, 0.1) is 33.9 Å². The van der Waals surface area contributed by atoms with Crippen molar-refractivity contribution in [3.63, 3.8) is 0 Å². The Morgan fingerprint density at radius 2 is 2.00 bits per heavy atom. The van der Waals surface area contributed by atoms with E-state index < -0.39 is 17.4 Å². The molecule has 4 heterocycles. The highest BCUT2D eigenvalue weighted by atomic mass is 32.1. The fourth-order valence-corrected chi connectivity index (χ4v) is 6.42. The van der Waals surface area contributed by atoms with Crippen molar-refractivity contribution < 1.29 is 24.9 Å². The smallest absolute Gasteiger partial charge is 0.248 e. The molecule has 12 nitrogen and oxygen atoms in total. The Hall–Kier alpha value is -2.97. The number of hydrogen-bond acceptors (Lipinski definition) is 12. The van der Waals surface area contributed by atoms with Gasteiger partial charge < -0.3 is 35.6 Å². The van der Waals surface area contributed by atoms with Crippen molar-refractivity contribution in [3.8, 4) is 10.6 Å². The van der Waals surface area contributed by atoms with Crippen LogP contribution in [0.5, 0.6) is 0 Å². The summed E-state index contributed by atoms with van der Waals surface area (Å²) >= 11 is 1.48. The molecule has 6 rings (SSSR count). The zero-order valence-corrected chi connectivity index (χ0v) is 22.8. The molecule has 13 heteroatoms. The topological polar surface area (TPSA) is 166 Å². The largest absolute Gasteiger partial charge is 0.388 e. The SMILES string of the molecule is Cc1nc(NCC2(O)CC2)nc(N[C@@]2(O)CC[C@H](CN3CCOCC3=O)[C@H]2O)c1-c1nc2c(C)nccc2s1. The van der Waals surface area contributed by atoms with Crippen LogP contribution < -0.4 is 10.6 Å². The Labute approximate surface area is 229 Å². The summed E-state index contributed by atoms with van der Waals surface area (Å²) in [5, 5.41) is 40.1. The van der Waals surface area contributed by atoms with Gasteiger partial charge in [0.15, 0.2) is 5.72 Å². The summed E-state index contributed by atoms with van der Waals surface area (Å²) in [5.74, 6) is 0.222.